The molecule has 0 aliphatic carbocycles. The molecule has 19 heavy (non-hydrogen) atoms. The molecule has 1 fully saturated rings. The highest BCUT2D eigenvalue weighted by atomic mass is 19.1. The smallest absolute Gasteiger partial charge is 0.351 e. The number of aliphatic hydroxyl groups is 3. The van der Waals surface area contributed by atoms with E-state index in [-0.39, 0.29) is 5.82 Å². The van der Waals surface area contributed by atoms with Crippen molar-refractivity contribution in [3.63, 3.8) is 0 Å². The van der Waals surface area contributed by atoms with Crippen LogP contribution in [0.3, 0.4) is 0 Å². The third kappa shape index (κ3) is 2.10. The summed E-state index contributed by atoms with van der Waals surface area (Å²) in [4.78, 5) is 15.0. The van der Waals surface area contributed by atoms with E-state index in [2.05, 4.69) is 4.98 Å². The van der Waals surface area contributed by atoms with Crippen LogP contribution < -0.4 is 11.4 Å². The van der Waals surface area contributed by atoms with Crippen molar-refractivity contribution in [2.45, 2.75) is 24.1 Å². The highest BCUT2D eigenvalue weighted by Crippen LogP contribution is 2.38. The summed E-state index contributed by atoms with van der Waals surface area (Å²) < 4.78 is 19.9. The maximum absolute atomic E-state index is 14.0. The first-order valence-corrected chi connectivity index (χ1v) is 5.51. The topological polar surface area (TPSA) is 131 Å². The zero-order valence-corrected chi connectivity index (χ0v) is 9.81. The zero-order chi connectivity index (χ0) is 14.2. The Balaban J connectivity index is 2.39. The molecule has 1 saturated heterocycles. The molecule has 1 aromatic rings. The third-order valence-corrected chi connectivity index (χ3v) is 3.13. The Morgan fingerprint density at radius 2 is 2.16 bits per heavy atom. The molecule has 0 spiro atoms. The van der Waals surface area contributed by atoms with Crippen molar-refractivity contribution in [2.24, 2.45) is 0 Å². The van der Waals surface area contributed by atoms with Crippen LogP contribution in [-0.2, 0) is 4.74 Å². The minimum atomic E-state index is -2.00. The summed E-state index contributed by atoms with van der Waals surface area (Å²) >= 11 is 0. The van der Waals surface area contributed by atoms with Gasteiger partial charge in [-0.05, 0) is 6.07 Å². The molecule has 5 N–H and O–H groups in total. The van der Waals surface area contributed by atoms with E-state index in [9.17, 15) is 14.3 Å². The number of hydrogen-bond acceptors (Lipinski definition) is 7. The van der Waals surface area contributed by atoms with E-state index in [1.54, 1.807) is 0 Å². The minimum absolute atomic E-state index is 0.0363. The molecule has 0 saturated carbocycles. The second-order valence-electron chi connectivity index (χ2n) is 4.32. The molecular formula is C10H14FN3O5. The fourth-order valence-corrected chi connectivity index (χ4v) is 1.96. The highest BCUT2D eigenvalue weighted by molar-refractivity contribution is 5.23. The molecule has 1 aromatic heterocycles. The van der Waals surface area contributed by atoms with Gasteiger partial charge in [-0.1, -0.05) is 0 Å². The Hall–Kier alpha value is -1.55. The lowest BCUT2D eigenvalue weighted by molar-refractivity contribution is -0.150. The summed E-state index contributed by atoms with van der Waals surface area (Å²) in [6, 6.07) is 1.27. The van der Waals surface area contributed by atoms with Gasteiger partial charge >= 0.3 is 5.69 Å². The van der Waals surface area contributed by atoms with Crippen LogP contribution in [0, 0.1) is 0 Å². The van der Waals surface area contributed by atoms with Gasteiger partial charge in [0, 0.05) is 6.20 Å². The van der Waals surface area contributed by atoms with Gasteiger partial charge in [0.1, 0.15) is 17.5 Å². The van der Waals surface area contributed by atoms with Crippen molar-refractivity contribution in [2.75, 3.05) is 18.9 Å². The van der Waals surface area contributed by atoms with Crippen LogP contribution in [0.4, 0.5) is 10.2 Å². The second-order valence-corrected chi connectivity index (χ2v) is 4.32. The molecule has 8 nitrogen and oxygen atoms in total. The molecule has 106 valence electrons. The molecule has 9 heteroatoms. The van der Waals surface area contributed by atoms with Crippen LogP contribution in [0.1, 0.15) is 6.23 Å². The predicted molar refractivity (Wildman–Crippen MR) is 60.8 cm³/mol. The predicted octanol–water partition coefficient (Wildman–Crippen LogP) is -2.22. The normalized spacial score (nSPS) is 29.6. The molecule has 0 unspecified atom stereocenters. The molecule has 1 aliphatic heterocycles. The number of nitrogens with zero attached hydrogens (tertiary/aromatic N) is 2. The minimum Gasteiger partial charge on any atom is -0.393 e. The van der Waals surface area contributed by atoms with E-state index in [0.717, 1.165) is 4.57 Å². The summed E-state index contributed by atoms with van der Waals surface area (Å²) in [6.07, 6.45) is -4.09. The van der Waals surface area contributed by atoms with Crippen molar-refractivity contribution in [3.8, 4) is 0 Å². The van der Waals surface area contributed by atoms with Gasteiger partial charge in [-0.15, -0.1) is 0 Å². The van der Waals surface area contributed by atoms with Gasteiger partial charge in [-0.25, -0.2) is 9.18 Å². The second kappa shape index (κ2) is 4.85. The van der Waals surface area contributed by atoms with Crippen LogP contribution in [0.15, 0.2) is 17.1 Å². The zero-order valence-electron chi connectivity index (χ0n) is 9.81. The Bertz CT molecular complexity index is 518. The number of aliphatic hydroxyl groups excluding tert-OH is 3. The molecule has 0 radical (unpaired) electrons. The van der Waals surface area contributed by atoms with Gasteiger partial charge in [-0.3, -0.25) is 4.57 Å². The molecule has 2 rings (SSSR count). The number of anilines is 1. The summed E-state index contributed by atoms with van der Waals surface area (Å²) in [7, 11) is 0. The summed E-state index contributed by atoms with van der Waals surface area (Å²) in [5.74, 6) is -0.0363. The van der Waals surface area contributed by atoms with Crippen LogP contribution in [-0.4, -0.2) is 56.0 Å². The van der Waals surface area contributed by atoms with E-state index < -0.39 is 43.0 Å². The summed E-state index contributed by atoms with van der Waals surface area (Å²) in [5, 5.41) is 28.0. The first-order chi connectivity index (χ1) is 8.95. The van der Waals surface area contributed by atoms with Crippen molar-refractivity contribution in [3.05, 3.63) is 22.7 Å². The fraction of sp³-hybridized carbons (Fsp3) is 0.600. The average Bonchev–Trinajstić information content (AvgIpc) is 2.64. The average molecular weight is 275 g/mol. The van der Waals surface area contributed by atoms with Gasteiger partial charge in [0.05, 0.1) is 13.2 Å². The van der Waals surface area contributed by atoms with Crippen LogP contribution >= 0.6 is 0 Å². The Kier molecular flexibility index (Phi) is 3.54. The SMILES string of the molecule is Nc1ccn([C@@H]2OC(CO)(CO)[C@@H](O)[C@H]2F)c(=O)n1. The molecule has 0 aromatic carbocycles. The summed E-state index contributed by atoms with van der Waals surface area (Å²) in [5.41, 5.74) is 2.59. The van der Waals surface area contributed by atoms with Gasteiger partial charge in [0.15, 0.2) is 12.4 Å². The number of alkyl halides is 1. The Morgan fingerprint density at radius 3 is 2.63 bits per heavy atom. The number of ether oxygens (including phenoxy) is 1. The standard InChI is InChI=1S/C10H14FN3O5/c11-6-7(17)10(3-15,4-16)19-8(6)14-2-1-5(12)13-9(14)18/h1-2,6-8,15-17H,3-4H2,(H2,12,13,18)/t6-,7+,8-/m1/s1. The van der Waals surface area contributed by atoms with Crippen molar-refractivity contribution in [1.82, 2.24) is 9.55 Å². The maximum Gasteiger partial charge on any atom is 0.351 e. The van der Waals surface area contributed by atoms with Crippen LogP contribution in [0.5, 0.6) is 0 Å². The van der Waals surface area contributed by atoms with E-state index >= 15 is 0 Å². The molecule has 2 heterocycles. The van der Waals surface area contributed by atoms with E-state index in [1.807, 2.05) is 0 Å². The van der Waals surface area contributed by atoms with E-state index in [1.165, 1.54) is 12.3 Å². The van der Waals surface area contributed by atoms with Crippen LogP contribution in [0.2, 0.25) is 0 Å². The lowest BCUT2D eigenvalue weighted by Gasteiger charge is -2.27. The highest BCUT2D eigenvalue weighted by Gasteiger charge is 2.55. The quantitative estimate of drug-likeness (QED) is 0.491. The Labute approximate surface area is 106 Å². The van der Waals surface area contributed by atoms with Gasteiger partial charge < -0.3 is 25.8 Å². The number of nitrogen functional groups attached to an aromatic ring is 1. The fourth-order valence-electron chi connectivity index (χ4n) is 1.96. The van der Waals surface area contributed by atoms with Crippen molar-refractivity contribution < 1.29 is 24.4 Å². The number of halogens is 1. The first kappa shape index (κ1) is 13.9. The van der Waals surface area contributed by atoms with Gasteiger partial charge in [-0.2, -0.15) is 4.98 Å². The first-order valence-electron chi connectivity index (χ1n) is 5.51. The molecule has 1 aliphatic rings. The van der Waals surface area contributed by atoms with Crippen molar-refractivity contribution in [1.29, 1.82) is 0 Å². The molecule has 0 bridgehead atoms. The van der Waals surface area contributed by atoms with Crippen LogP contribution in [0.25, 0.3) is 0 Å². The number of aromatic nitrogens is 2. The monoisotopic (exact) mass is 275 g/mol. The molecule has 3 atom stereocenters. The van der Waals surface area contributed by atoms with E-state index in [0.29, 0.717) is 0 Å². The van der Waals surface area contributed by atoms with Gasteiger partial charge in [0.25, 0.3) is 0 Å². The number of nitrogens with two attached hydrogens (primary N) is 1. The van der Waals surface area contributed by atoms with Gasteiger partial charge in [0.2, 0.25) is 0 Å². The maximum atomic E-state index is 14.0. The van der Waals surface area contributed by atoms with E-state index in [4.69, 9.17) is 20.7 Å². The lowest BCUT2D eigenvalue weighted by Crippen LogP contribution is -2.48. The Morgan fingerprint density at radius 1 is 1.53 bits per heavy atom. The number of hydrogen-bond donors (Lipinski definition) is 4. The largest absolute Gasteiger partial charge is 0.393 e. The molecule has 0 amide bonds. The molecular weight excluding hydrogens is 261 g/mol. The van der Waals surface area contributed by atoms with Crippen molar-refractivity contribution >= 4 is 5.82 Å². The third-order valence-electron chi connectivity index (χ3n) is 3.13. The summed E-state index contributed by atoms with van der Waals surface area (Å²) in [6.45, 7) is -1.59. The number of rotatable bonds is 3. The lowest BCUT2D eigenvalue weighted by atomic mass is 9.98.